The van der Waals surface area contributed by atoms with Crippen molar-refractivity contribution in [3.05, 3.63) is 0 Å². The van der Waals surface area contributed by atoms with Gasteiger partial charge in [0.2, 0.25) is 5.91 Å². The minimum absolute atomic E-state index is 0. The van der Waals surface area contributed by atoms with Crippen LogP contribution in [-0.4, -0.2) is 61.0 Å². The van der Waals surface area contributed by atoms with Crippen molar-refractivity contribution in [2.45, 2.75) is 38.1 Å². The van der Waals surface area contributed by atoms with Crippen LogP contribution in [0.5, 0.6) is 0 Å². The second-order valence-electron chi connectivity index (χ2n) is 6.18. The van der Waals surface area contributed by atoms with Gasteiger partial charge in [0.05, 0.1) is 6.54 Å². The summed E-state index contributed by atoms with van der Waals surface area (Å²) >= 11 is 0. The Labute approximate surface area is 134 Å². The van der Waals surface area contributed by atoms with Gasteiger partial charge in [0.1, 0.15) is 0 Å². The van der Waals surface area contributed by atoms with E-state index in [1.165, 1.54) is 32.1 Å². The number of fused-ring (bicyclic) bond motifs is 4. The molecule has 2 atom stereocenters. The zero-order valence-electron chi connectivity index (χ0n) is 12.1. The van der Waals surface area contributed by atoms with Crippen molar-refractivity contribution in [1.29, 1.82) is 0 Å². The highest BCUT2D eigenvalue weighted by Gasteiger charge is 2.30. The molecule has 4 aliphatic heterocycles. The quantitative estimate of drug-likeness (QED) is 0.837. The number of hydrogen-bond donors (Lipinski definition) is 1. The van der Waals surface area contributed by atoms with Crippen LogP contribution < -0.4 is 5.32 Å². The van der Waals surface area contributed by atoms with Gasteiger partial charge >= 0.3 is 0 Å². The Kier molecular flexibility index (Phi) is 7.59. The maximum atomic E-state index is 12.3. The number of likely N-dealkylation sites (tertiary alicyclic amines) is 1. The number of carbonyl (C=O) groups excluding carboxylic acids is 1. The van der Waals surface area contributed by atoms with E-state index in [2.05, 4.69) is 15.1 Å². The molecule has 0 aromatic carbocycles. The molecule has 4 fully saturated rings. The van der Waals surface area contributed by atoms with Gasteiger partial charge in [0.15, 0.2) is 0 Å². The van der Waals surface area contributed by atoms with Crippen LogP contribution in [0.25, 0.3) is 0 Å². The van der Waals surface area contributed by atoms with Gasteiger partial charge in [-0.2, -0.15) is 0 Å². The molecule has 4 rings (SSSR count). The third kappa shape index (κ3) is 4.48. The van der Waals surface area contributed by atoms with Gasteiger partial charge in [-0.05, 0) is 44.6 Å². The molecule has 4 nitrogen and oxygen atoms in total. The van der Waals surface area contributed by atoms with Crippen LogP contribution in [0.15, 0.2) is 0 Å². The summed E-state index contributed by atoms with van der Waals surface area (Å²) in [6, 6.07) is 0.623. The van der Waals surface area contributed by atoms with Crippen molar-refractivity contribution in [2.24, 2.45) is 5.92 Å². The zero-order chi connectivity index (χ0) is 12.4. The standard InChI is InChI=1S/C14H25N3O.2ClH/c18-14(17-6-2-1-3-7-17)11-16-9-12-4-5-13(10-16)15-8-12;;/h12-13,15H,1-11H2;2*1H/t12-,13-;;/m0../s1. The highest BCUT2D eigenvalue weighted by atomic mass is 35.5. The first-order valence-electron chi connectivity index (χ1n) is 7.55. The Hall–Kier alpha value is -0.0300. The smallest absolute Gasteiger partial charge is 0.236 e. The fourth-order valence-electron chi connectivity index (χ4n) is 3.60. The second-order valence-corrected chi connectivity index (χ2v) is 6.18. The molecule has 0 unspecified atom stereocenters. The predicted molar refractivity (Wildman–Crippen MR) is 85.9 cm³/mol. The minimum atomic E-state index is 0. The highest BCUT2D eigenvalue weighted by Crippen LogP contribution is 2.21. The first-order chi connectivity index (χ1) is 8.81. The molecule has 2 bridgehead atoms. The van der Waals surface area contributed by atoms with Crippen LogP contribution in [0, 0.1) is 5.92 Å². The predicted octanol–water partition coefficient (Wildman–Crippen LogP) is 1.53. The van der Waals surface area contributed by atoms with Gasteiger partial charge in [-0.25, -0.2) is 0 Å². The first-order valence-corrected chi connectivity index (χ1v) is 7.55. The fourth-order valence-corrected chi connectivity index (χ4v) is 3.60. The monoisotopic (exact) mass is 323 g/mol. The Morgan fingerprint density at radius 2 is 1.80 bits per heavy atom. The lowest BCUT2D eigenvalue weighted by atomic mass is 9.97. The van der Waals surface area contributed by atoms with Crippen LogP contribution in [0.4, 0.5) is 0 Å². The Morgan fingerprint density at radius 1 is 1.05 bits per heavy atom. The van der Waals surface area contributed by atoms with Crippen molar-refractivity contribution >= 4 is 30.7 Å². The number of piperidine rings is 2. The van der Waals surface area contributed by atoms with Gasteiger partial charge in [-0.3, -0.25) is 9.69 Å². The first kappa shape index (κ1) is 18.0. The lowest BCUT2D eigenvalue weighted by molar-refractivity contribution is -0.133. The van der Waals surface area contributed by atoms with E-state index in [9.17, 15) is 4.79 Å². The average Bonchev–Trinajstić information content (AvgIpc) is 2.72. The van der Waals surface area contributed by atoms with E-state index in [1.54, 1.807) is 0 Å². The highest BCUT2D eigenvalue weighted by molar-refractivity contribution is 5.85. The summed E-state index contributed by atoms with van der Waals surface area (Å²) in [5.74, 6) is 1.12. The normalized spacial score (nSPS) is 30.1. The van der Waals surface area contributed by atoms with Gasteiger partial charge in [-0.15, -0.1) is 24.8 Å². The molecule has 0 radical (unpaired) electrons. The minimum Gasteiger partial charge on any atom is -0.342 e. The second kappa shape index (κ2) is 8.42. The number of amides is 1. The van der Waals surface area contributed by atoms with Gasteiger partial charge in [0.25, 0.3) is 0 Å². The van der Waals surface area contributed by atoms with E-state index in [-0.39, 0.29) is 24.8 Å². The van der Waals surface area contributed by atoms with E-state index in [0.29, 0.717) is 18.5 Å². The van der Waals surface area contributed by atoms with Crippen molar-refractivity contribution in [1.82, 2.24) is 15.1 Å². The van der Waals surface area contributed by atoms with Crippen LogP contribution in [0.1, 0.15) is 32.1 Å². The zero-order valence-corrected chi connectivity index (χ0v) is 13.7. The molecular weight excluding hydrogens is 297 g/mol. The van der Waals surface area contributed by atoms with Gasteiger partial charge in [0, 0.05) is 32.2 Å². The summed E-state index contributed by atoms with van der Waals surface area (Å²) < 4.78 is 0. The fraction of sp³-hybridized carbons (Fsp3) is 0.929. The summed E-state index contributed by atoms with van der Waals surface area (Å²) in [6.07, 6.45) is 6.31. The molecule has 0 aromatic rings. The average molecular weight is 324 g/mol. The topological polar surface area (TPSA) is 35.6 Å². The molecule has 1 amide bonds. The van der Waals surface area contributed by atoms with Crippen LogP contribution in [-0.2, 0) is 4.79 Å². The summed E-state index contributed by atoms with van der Waals surface area (Å²) in [7, 11) is 0. The molecule has 0 saturated carbocycles. The number of hydrogen-bond acceptors (Lipinski definition) is 3. The SMILES string of the molecule is Cl.Cl.O=C(CN1C[C@H]2CC[C@@H](C1)NC2)N1CCCCC1. The Morgan fingerprint density at radius 3 is 2.45 bits per heavy atom. The molecule has 4 heterocycles. The molecule has 1 N–H and O–H groups in total. The molecule has 20 heavy (non-hydrogen) atoms. The van der Waals surface area contributed by atoms with Crippen LogP contribution in [0.2, 0.25) is 0 Å². The van der Waals surface area contributed by atoms with E-state index in [0.717, 1.165) is 38.6 Å². The van der Waals surface area contributed by atoms with Crippen molar-refractivity contribution < 1.29 is 4.79 Å². The largest absolute Gasteiger partial charge is 0.342 e. The van der Waals surface area contributed by atoms with Gasteiger partial charge < -0.3 is 10.2 Å². The van der Waals surface area contributed by atoms with E-state index in [1.807, 2.05) is 0 Å². The lowest BCUT2D eigenvalue weighted by Crippen LogP contribution is -2.45. The number of rotatable bonds is 2. The molecule has 0 aliphatic carbocycles. The van der Waals surface area contributed by atoms with Crippen molar-refractivity contribution in [3.8, 4) is 0 Å². The third-order valence-corrected chi connectivity index (χ3v) is 4.68. The van der Waals surface area contributed by atoms with E-state index in [4.69, 9.17) is 0 Å². The molecule has 6 heteroatoms. The van der Waals surface area contributed by atoms with Crippen molar-refractivity contribution in [3.63, 3.8) is 0 Å². The maximum Gasteiger partial charge on any atom is 0.236 e. The summed E-state index contributed by atoms with van der Waals surface area (Å²) in [6.45, 7) is 5.95. The molecule has 0 spiro atoms. The summed E-state index contributed by atoms with van der Waals surface area (Å²) in [5, 5.41) is 3.60. The Bertz CT molecular complexity index is 289. The number of carbonyl (C=O) groups is 1. The van der Waals surface area contributed by atoms with Crippen molar-refractivity contribution in [2.75, 3.05) is 39.3 Å². The Balaban J connectivity index is 0.000001000. The molecule has 0 aromatic heterocycles. The van der Waals surface area contributed by atoms with E-state index < -0.39 is 0 Å². The molecule has 4 saturated heterocycles. The van der Waals surface area contributed by atoms with Crippen LogP contribution in [0.3, 0.4) is 0 Å². The number of nitrogens with zero attached hydrogens (tertiary/aromatic N) is 2. The van der Waals surface area contributed by atoms with Crippen LogP contribution >= 0.6 is 24.8 Å². The molecular formula is C14H27Cl2N3O. The third-order valence-electron chi connectivity index (χ3n) is 4.68. The number of halogens is 2. The molecule has 4 aliphatic rings. The van der Waals surface area contributed by atoms with E-state index >= 15 is 0 Å². The number of nitrogens with one attached hydrogen (secondary N) is 1. The maximum absolute atomic E-state index is 12.3. The summed E-state index contributed by atoms with van der Waals surface area (Å²) in [4.78, 5) is 16.7. The lowest BCUT2D eigenvalue weighted by Gasteiger charge is -2.30. The van der Waals surface area contributed by atoms with Gasteiger partial charge in [-0.1, -0.05) is 0 Å². The molecule has 118 valence electrons. The summed E-state index contributed by atoms with van der Waals surface area (Å²) in [5.41, 5.74) is 0.